The van der Waals surface area contributed by atoms with Crippen molar-refractivity contribution >= 4 is 5.97 Å². The van der Waals surface area contributed by atoms with Crippen molar-refractivity contribution in [2.24, 2.45) is 5.73 Å². The molecular formula is C12H15NO2. The lowest BCUT2D eigenvalue weighted by molar-refractivity contribution is -0.146. The average Bonchev–Trinajstić information content (AvgIpc) is 2.99. The predicted octanol–water partition coefficient (Wildman–Crippen LogP) is 1.26. The number of hydrogen-bond donors (Lipinski definition) is 1. The zero-order chi connectivity index (χ0) is 10.7. The molecule has 1 aliphatic carbocycles. The van der Waals surface area contributed by atoms with Gasteiger partial charge in [-0.25, -0.2) is 0 Å². The van der Waals surface area contributed by atoms with Gasteiger partial charge in [-0.2, -0.15) is 0 Å². The van der Waals surface area contributed by atoms with Crippen LogP contribution in [0, 0.1) is 0 Å². The van der Waals surface area contributed by atoms with Crippen LogP contribution in [0.5, 0.6) is 0 Å². The van der Waals surface area contributed by atoms with E-state index in [9.17, 15) is 4.79 Å². The summed E-state index contributed by atoms with van der Waals surface area (Å²) in [7, 11) is 0. The van der Waals surface area contributed by atoms with E-state index in [0.29, 0.717) is 6.61 Å². The molecule has 15 heavy (non-hydrogen) atoms. The Kier molecular flexibility index (Phi) is 2.73. The van der Waals surface area contributed by atoms with Crippen LogP contribution in [0.25, 0.3) is 0 Å². The topological polar surface area (TPSA) is 52.3 Å². The van der Waals surface area contributed by atoms with E-state index in [1.54, 1.807) is 0 Å². The first kappa shape index (κ1) is 10.2. The fourth-order valence-corrected chi connectivity index (χ4v) is 1.39. The minimum absolute atomic E-state index is 0.251. The van der Waals surface area contributed by atoms with Gasteiger partial charge >= 0.3 is 5.97 Å². The SMILES string of the molecule is NC1(C(=O)OCCc2ccccc2)CC1. The summed E-state index contributed by atoms with van der Waals surface area (Å²) in [6, 6.07) is 9.95. The van der Waals surface area contributed by atoms with E-state index in [1.807, 2.05) is 30.3 Å². The Morgan fingerprint density at radius 2 is 2.00 bits per heavy atom. The maximum Gasteiger partial charge on any atom is 0.326 e. The number of carbonyl (C=O) groups excluding carboxylic acids is 1. The molecule has 0 radical (unpaired) electrons. The third-order valence-electron chi connectivity index (χ3n) is 2.66. The highest BCUT2D eigenvalue weighted by atomic mass is 16.5. The lowest BCUT2D eigenvalue weighted by Gasteiger charge is -2.08. The minimum Gasteiger partial charge on any atom is -0.464 e. The summed E-state index contributed by atoms with van der Waals surface area (Å²) in [4.78, 5) is 11.4. The highest BCUT2D eigenvalue weighted by Crippen LogP contribution is 2.33. The molecule has 1 aromatic rings. The Bertz CT molecular complexity index is 344. The van der Waals surface area contributed by atoms with Crippen LogP contribution in [0.3, 0.4) is 0 Å². The first-order valence-corrected chi connectivity index (χ1v) is 5.21. The quantitative estimate of drug-likeness (QED) is 0.753. The minimum atomic E-state index is -0.656. The van der Waals surface area contributed by atoms with Crippen LogP contribution in [-0.4, -0.2) is 18.1 Å². The van der Waals surface area contributed by atoms with Crippen molar-refractivity contribution in [1.29, 1.82) is 0 Å². The molecule has 1 fully saturated rings. The largest absolute Gasteiger partial charge is 0.464 e. The van der Waals surface area contributed by atoms with Crippen LogP contribution >= 0.6 is 0 Å². The monoisotopic (exact) mass is 205 g/mol. The molecule has 1 aliphatic rings. The van der Waals surface area contributed by atoms with Gasteiger partial charge in [-0.15, -0.1) is 0 Å². The summed E-state index contributed by atoms with van der Waals surface area (Å²) < 4.78 is 5.11. The van der Waals surface area contributed by atoms with Gasteiger partial charge in [-0.3, -0.25) is 4.79 Å². The van der Waals surface area contributed by atoms with E-state index in [4.69, 9.17) is 10.5 Å². The molecule has 80 valence electrons. The first-order chi connectivity index (χ1) is 7.21. The van der Waals surface area contributed by atoms with E-state index in [0.717, 1.165) is 19.3 Å². The molecule has 0 aliphatic heterocycles. The summed E-state index contributed by atoms with van der Waals surface area (Å²) >= 11 is 0. The van der Waals surface area contributed by atoms with Crippen molar-refractivity contribution in [2.45, 2.75) is 24.8 Å². The van der Waals surface area contributed by atoms with Gasteiger partial charge in [-0.05, 0) is 18.4 Å². The molecule has 0 amide bonds. The smallest absolute Gasteiger partial charge is 0.326 e. The zero-order valence-corrected chi connectivity index (χ0v) is 8.61. The molecule has 0 unspecified atom stereocenters. The van der Waals surface area contributed by atoms with Gasteiger partial charge in [0, 0.05) is 6.42 Å². The van der Waals surface area contributed by atoms with Crippen LogP contribution in [0.1, 0.15) is 18.4 Å². The van der Waals surface area contributed by atoms with Crippen molar-refractivity contribution in [2.75, 3.05) is 6.61 Å². The van der Waals surface area contributed by atoms with Crippen LogP contribution < -0.4 is 5.73 Å². The molecule has 0 spiro atoms. The number of rotatable bonds is 4. The normalized spacial score (nSPS) is 17.1. The van der Waals surface area contributed by atoms with Gasteiger partial charge in [0.2, 0.25) is 0 Å². The Labute approximate surface area is 89.2 Å². The van der Waals surface area contributed by atoms with Gasteiger partial charge in [0.15, 0.2) is 0 Å². The molecular weight excluding hydrogens is 190 g/mol. The number of benzene rings is 1. The van der Waals surface area contributed by atoms with Crippen molar-refractivity contribution < 1.29 is 9.53 Å². The fraction of sp³-hybridized carbons (Fsp3) is 0.417. The van der Waals surface area contributed by atoms with E-state index >= 15 is 0 Å². The standard InChI is InChI=1S/C12H15NO2/c13-12(7-8-12)11(14)15-9-6-10-4-2-1-3-5-10/h1-5H,6-9,13H2. The van der Waals surface area contributed by atoms with Crippen LogP contribution in [-0.2, 0) is 16.0 Å². The second-order valence-corrected chi connectivity index (χ2v) is 4.03. The number of esters is 1. The Balaban J connectivity index is 1.73. The lowest BCUT2D eigenvalue weighted by atomic mass is 10.2. The summed E-state index contributed by atoms with van der Waals surface area (Å²) in [5.41, 5.74) is 6.21. The van der Waals surface area contributed by atoms with Crippen LogP contribution in [0.2, 0.25) is 0 Å². The second-order valence-electron chi connectivity index (χ2n) is 4.03. The average molecular weight is 205 g/mol. The number of ether oxygens (including phenoxy) is 1. The molecule has 2 N–H and O–H groups in total. The number of nitrogens with two attached hydrogens (primary N) is 1. The van der Waals surface area contributed by atoms with Gasteiger partial charge < -0.3 is 10.5 Å². The van der Waals surface area contributed by atoms with E-state index in [2.05, 4.69) is 0 Å². The van der Waals surface area contributed by atoms with Gasteiger partial charge in [0.25, 0.3) is 0 Å². The Hall–Kier alpha value is -1.35. The number of carbonyl (C=O) groups is 1. The van der Waals surface area contributed by atoms with E-state index in [1.165, 1.54) is 5.56 Å². The Morgan fingerprint density at radius 3 is 2.60 bits per heavy atom. The van der Waals surface area contributed by atoms with Gasteiger partial charge in [-0.1, -0.05) is 30.3 Å². The third-order valence-corrected chi connectivity index (χ3v) is 2.66. The summed E-state index contributed by atoms with van der Waals surface area (Å²) in [5.74, 6) is -0.251. The maximum absolute atomic E-state index is 11.4. The van der Waals surface area contributed by atoms with E-state index in [-0.39, 0.29) is 5.97 Å². The molecule has 0 bridgehead atoms. The highest BCUT2D eigenvalue weighted by Gasteiger charge is 2.47. The lowest BCUT2D eigenvalue weighted by Crippen LogP contribution is -2.34. The first-order valence-electron chi connectivity index (χ1n) is 5.21. The molecule has 2 rings (SSSR count). The molecule has 1 aromatic carbocycles. The van der Waals surface area contributed by atoms with E-state index < -0.39 is 5.54 Å². The Morgan fingerprint density at radius 1 is 1.33 bits per heavy atom. The van der Waals surface area contributed by atoms with Crippen molar-refractivity contribution in [3.8, 4) is 0 Å². The molecule has 0 saturated heterocycles. The van der Waals surface area contributed by atoms with Crippen LogP contribution in [0.4, 0.5) is 0 Å². The molecule has 3 heteroatoms. The maximum atomic E-state index is 11.4. The summed E-state index contributed by atoms with van der Waals surface area (Å²) in [5, 5.41) is 0. The third kappa shape index (κ3) is 2.57. The molecule has 0 aromatic heterocycles. The molecule has 0 heterocycles. The molecule has 3 nitrogen and oxygen atoms in total. The second kappa shape index (κ2) is 4.03. The summed E-state index contributed by atoms with van der Waals surface area (Å²) in [6.45, 7) is 0.418. The van der Waals surface area contributed by atoms with Crippen molar-refractivity contribution in [1.82, 2.24) is 0 Å². The summed E-state index contributed by atoms with van der Waals surface area (Å²) in [6.07, 6.45) is 2.27. The predicted molar refractivity (Wildman–Crippen MR) is 57.3 cm³/mol. The zero-order valence-electron chi connectivity index (χ0n) is 8.61. The fourth-order valence-electron chi connectivity index (χ4n) is 1.39. The van der Waals surface area contributed by atoms with Gasteiger partial charge in [0.1, 0.15) is 5.54 Å². The molecule has 1 saturated carbocycles. The van der Waals surface area contributed by atoms with Crippen molar-refractivity contribution in [3.63, 3.8) is 0 Å². The van der Waals surface area contributed by atoms with Crippen molar-refractivity contribution in [3.05, 3.63) is 35.9 Å². The van der Waals surface area contributed by atoms with Crippen LogP contribution in [0.15, 0.2) is 30.3 Å². The van der Waals surface area contributed by atoms with Gasteiger partial charge in [0.05, 0.1) is 6.61 Å². The highest BCUT2D eigenvalue weighted by molar-refractivity contribution is 5.83. The number of hydrogen-bond acceptors (Lipinski definition) is 3. The molecule has 0 atom stereocenters.